The van der Waals surface area contributed by atoms with E-state index in [0.29, 0.717) is 18.2 Å². The number of nitrogens with one attached hydrogen (secondary N) is 1. The highest BCUT2D eigenvalue weighted by Gasteiger charge is 1.89. The van der Waals surface area contributed by atoms with E-state index in [9.17, 15) is 0 Å². The first-order valence-corrected chi connectivity index (χ1v) is 3.23. The van der Waals surface area contributed by atoms with Crippen molar-refractivity contribution in [3.8, 4) is 12.3 Å². The number of anilines is 2. The fraction of sp³-hybridized carbons (Fsp3) is 0.125. The Morgan fingerprint density at radius 2 is 2.45 bits per heavy atom. The Morgan fingerprint density at radius 1 is 1.64 bits per heavy atom. The van der Waals surface area contributed by atoms with Crippen LogP contribution in [0.25, 0.3) is 0 Å². The number of terminal acetylenes is 1. The lowest BCUT2D eigenvalue weighted by Gasteiger charge is -2.00. The number of nitrogen functional groups attached to an aromatic ring is 1. The summed E-state index contributed by atoms with van der Waals surface area (Å²) in [6.45, 7) is 0.469. The van der Waals surface area contributed by atoms with E-state index in [2.05, 4.69) is 16.2 Å². The number of hydrogen-bond acceptors (Lipinski definition) is 3. The Balaban J connectivity index is 2.65. The summed E-state index contributed by atoms with van der Waals surface area (Å²) in [5.41, 5.74) is 5.43. The molecule has 1 rings (SSSR count). The van der Waals surface area contributed by atoms with Crippen molar-refractivity contribution in [1.82, 2.24) is 4.98 Å². The molecule has 11 heavy (non-hydrogen) atoms. The van der Waals surface area contributed by atoms with E-state index in [0.717, 1.165) is 0 Å². The van der Waals surface area contributed by atoms with E-state index in [1.165, 1.54) is 0 Å². The predicted molar refractivity (Wildman–Crippen MR) is 46.0 cm³/mol. The normalized spacial score (nSPS) is 8.64. The molecular weight excluding hydrogens is 138 g/mol. The Kier molecular flexibility index (Phi) is 2.34. The predicted octanol–water partition coefficient (Wildman–Crippen LogP) is 0.709. The SMILES string of the molecule is C#CCNc1cccc(N)n1. The number of rotatable bonds is 2. The zero-order chi connectivity index (χ0) is 8.10. The Bertz CT molecular complexity index is 275. The van der Waals surface area contributed by atoms with Gasteiger partial charge in [0.15, 0.2) is 0 Å². The zero-order valence-corrected chi connectivity index (χ0v) is 6.04. The summed E-state index contributed by atoms with van der Waals surface area (Å²) in [5, 5.41) is 2.91. The molecular formula is C8H9N3. The minimum atomic E-state index is 0.469. The zero-order valence-electron chi connectivity index (χ0n) is 6.04. The number of aromatic nitrogens is 1. The van der Waals surface area contributed by atoms with Crippen LogP contribution in [0.3, 0.4) is 0 Å². The van der Waals surface area contributed by atoms with Gasteiger partial charge in [-0.2, -0.15) is 0 Å². The third kappa shape index (κ3) is 2.18. The molecule has 0 spiro atoms. The van der Waals surface area contributed by atoms with Crippen LogP contribution in [0.4, 0.5) is 11.6 Å². The lowest BCUT2D eigenvalue weighted by atomic mass is 10.4. The molecule has 0 unspecified atom stereocenters. The maximum absolute atomic E-state index is 5.43. The van der Waals surface area contributed by atoms with Crippen molar-refractivity contribution in [2.45, 2.75) is 0 Å². The van der Waals surface area contributed by atoms with Crippen LogP contribution in [-0.2, 0) is 0 Å². The molecule has 0 aliphatic rings. The molecule has 0 aliphatic carbocycles. The van der Waals surface area contributed by atoms with Gasteiger partial charge in [-0.05, 0) is 12.1 Å². The average molecular weight is 147 g/mol. The highest BCUT2D eigenvalue weighted by atomic mass is 15.0. The van der Waals surface area contributed by atoms with Gasteiger partial charge < -0.3 is 11.1 Å². The molecule has 1 heterocycles. The van der Waals surface area contributed by atoms with Crippen LogP contribution in [0.5, 0.6) is 0 Å². The van der Waals surface area contributed by atoms with Gasteiger partial charge in [-0.25, -0.2) is 4.98 Å². The molecule has 0 aliphatic heterocycles. The van der Waals surface area contributed by atoms with Gasteiger partial charge in [0.25, 0.3) is 0 Å². The van der Waals surface area contributed by atoms with Gasteiger partial charge >= 0.3 is 0 Å². The van der Waals surface area contributed by atoms with Crippen molar-refractivity contribution < 1.29 is 0 Å². The van der Waals surface area contributed by atoms with Gasteiger partial charge in [0.2, 0.25) is 0 Å². The van der Waals surface area contributed by atoms with Crippen molar-refractivity contribution >= 4 is 11.6 Å². The van der Waals surface area contributed by atoms with Gasteiger partial charge in [-0.3, -0.25) is 0 Å². The monoisotopic (exact) mass is 147 g/mol. The van der Waals surface area contributed by atoms with Crippen LogP contribution >= 0.6 is 0 Å². The van der Waals surface area contributed by atoms with E-state index < -0.39 is 0 Å². The summed E-state index contributed by atoms with van der Waals surface area (Å²) in [6, 6.07) is 5.36. The second-order valence-corrected chi connectivity index (χ2v) is 2.01. The molecule has 0 saturated heterocycles. The summed E-state index contributed by atoms with van der Waals surface area (Å²) in [6.07, 6.45) is 5.04. The molecule has 0 bridgehead atoms. The highest BCUT2D eigenvalue weighted by Crippen LogP contribution is 2.04. The van der Waals surface area contributed by atoms with Gasteiger partial charge in [-0.1, -0.05) is 12.0 Å². The van der Waals surface area contributed by atoms with E-state index in [4.69, 9.17) is 12.2 Å². The topological polar surface area (TPSA) is 50.9 Å². The third-order valence-corrected chi connectivity index (χ3v) is 1.14. The number of hydrogen-bond donors (Lipinski definition) is 2. The van der Waals surface area contributed by atoms with Gasteiger partial charge in [0, 0.05) is 0 Å². The second-order valence-electron chi connectivity index (χ2n) is 2.01. The van der Waals surface area contributed by atoms with Gasteiger partial charge in [0.05, 0.1) is 6.54 Å². The van der Waals surface area contributed by atoms with Crippen LogP contribution < -0.4 is 11.1 Å². The molecule has 1 aromatic heterocycles. The molecule has 0 amide bonds. The fourth-order valence-corrected chi connectivity index (χ4v) is 0.692. The van der Waals surface area contributed by atoms with Gasteiger partial charge in [-0.15, -0.1) is 6.42 Å². The lowest BCUT2D eigenvalue weighted by molar-refractivity contribution is 1.25. The third-order valence-electron chi connectivity index (χ3n) is 1.14. The largest absolute Gasteiger partial charge is 0.384 e. The van der Waals surface area contributed by atoms with Crippen molar-refractivity contribution in [1.29, 1.82) is 0 Å². The summed E-state index contributed by atoms with van der Waals surface area (Å²) in [5.74, 6) is 3.65. The van der Waals surface area contributed by atoms with Crippen molar-refractivity contribution in [2.24, 2.45) is 0 Å². The maximum Gasteiger partial charge on any atom is 0.129 e. The highest BCUT2D eigenvalue weighted by molar-refractivity contribution is 5.42. The molecule has 3 N–H and O–H groups in total. The van der Waals surface area contributed by atoms with Crippen LogP contribution in [-0.4, -0.2) is 11.5 Å². The minimum absolute atomic E-state index is 0.469. The van der Waals surface area contributed by atoms with Gasteiger partial charge in [0.1, 0.15) is 11.6 Å². The van der Waals surface area contributed by atoms with E-state index >= 15 is 0 Å². The van der Waals surface area contributed by atoms with E-state index in [1.54, 1.807) is 6.07 Å². The molecule has 0 fully saturated rings. The Morgan fingerprint density at radius 3 is 3.09 bits per heavy atom. The van der Waals surface area contributed by atoms with E-state index in [1.807, 2.05) is 12.1 Å². The average Bonchev–Trinajstić information content (AvgIpc) is 2.01. The molecule has 0 atom stereocenters. The lowest BCUT2D eigenvalue weighted by Crippen LogP contribution is -2.01. The first kappa shape index (κ1) is 7.42. The molecule has 0 radical (unpaired) electrons. The van der Waals surface area contributed by atoms with Crippen molar-refractivity contribution in [2.75, 3.05) is 17.6 Å². The van der Waals surface area contributed by atoms with Crippen LogP contribution in [0.2, 0.25) is 0 Å². The number of nitrogens with two attached hydrogens (primary N) is 1. The molecule has 3 heteroatoms. The quantitative estimate of drug-likeness (QED) is 0.606. The van der Waals surface area contributed by atoms with Crippen molar-refractivity contribution in [3.05, 3.63) is 18.2 Å². The maximum atomic E-state index is 5.43. The smallest absolute Gasteiger partial charge is 0.129 e. The summed E-state index contributed by atoms with van der Waals surface area (Å²) in [4.78, 5) is 3.98. The summed E-state index contributed by atoms with van der Waals surface area (Å²) >= 11 is 0. The molecule has 1 aromatic rings. The summed E-state index contributed by atoms with van der Waals surface area (Å²) < 4.78 is 0. The molecule has 0 saturated carbocycles. The van der Waals surface area contributed by atoms with Crippen LogP contribution in [0.1, 0.15) is 0 Å². The fourth-order valence-electron chi connectivity index (χ4n) is 0.692. The number of nitrogens with zero attached hydrogens (tertiary/aromatic N) is 1. The second kappa shape index (κ2) is 3.47. The first-order valence-electron chi connectivity index (χ1n) is 3.23. The minimum Gasteiger partial charge on any atom is -0.384 e. The molecule has 56 valence electrons. The molecule has 3 nitrogen and oxygen atoms in total. The Hall–Kier alpha value is -1.69. The van der Waals surface area contributed by atoms with E-state index in [-0.39, 0.29) is 0 Å². The van der Waals surface area contributed by atoms with Crippen molar-refractivity contribution in [3.63, 3.8) is 0 Å². The van der Waals surface area contributed by atoms with Crippen LogP contribution in [0.15, 0.2) is 18.2 Å². The molecule has 0 aromatic carbocycles. The standard InChI is InChI=1S/C8H9N3/c1-2-6-10-8-5-3-4-7(9)11-8/h1,3-5H,6H2,(H3,9,10,11). The Labute approximate surface area is 65.6 Å². The van der Waals surface area contributed by atoms with Crippen LogP contribution in [0, 0.1) is 12.3 Å². The summed E-state index contributed by atoms with van der Waals surface area (Å²) in [7, 11) is 0. The first-order chi connectivity index (χ1) is 5.33. The number of pyridine rings is 1.